The summed E-state index contributed by atoms with van der Waals surface area (Å²) >= 11 is 12.2. The van der Waals surface area contributed by atoms with Crippen LogP contribution in [0.25, 0.3) is 10.9 Å². The van der Waals surface area contributed by atoms with Gasteiger partial charge in [0.05, 0.1) is 10.5 Å². The van der Waals surface area contributed by atoms with E-state index in [1.165, 1.54) is 16.6 Å². The highest BCUT2D eigenvalue weighted by Crippen LogP contribution is 2.32. The molecule has 1 aromatic heterocycles. The van der Waals surface area contributed by atoms with Crippen LogP contribution in [0.4, 0.5) is 0 Å². The molecule has 0 aliphatic rings. The Labute approximate surface area is 106 Å². The maximum absolute atomic E-state index is 6.19. The molecular weight excluding hydrogens is 241 g/mol. The van der Waals surface area contributed by atoms with Crippen molar-refractivity contribution in [2.45, 2.75) is 33.1 Å². The zero-order valence-electron chi connectivity index (χ0n) is 9.53. The van der Waals surface area contributed by atoms with Gasteiger partial charge in [0.15, 0.2) is 0 Å². The summed E-state index contributed by atoms with van der Waals surface area (Å²) in [6, 6.07) is 3.79. The molecule has 0 aliphatic heterocycles. The van der Waals surface area contributed by atoms with Crippen molar-refractivity contribution < 1.29 is 0 Å². The molecule has 0 saturated carbocycles. The molecule has 0 fully saturated rings. The largest absolute Gasteiger partial charge is 0.357 e. The smallest absolute Gasteiger partial charge is 0.0662 e. The topological polar surface area (TPSA) is 15.8 Å². The molecule has 1 aromatic carbocycles. The van der Waals surface area contributed by atoms with Gasteiger partial charge in [-0.3, -0.25) is 0 Å². The molecule has 86 valence electrons. The van der Waals surface area contributed by atoms with E-state index >= 15 is 0 Å². The number of nitrogens with one attached hydrogen (secondary N) is 1. The number of H-pyrrole nitrogens is 1. The van der Waals surface area contributed by atoms with Crippen LogP contribution in [0.1, 0.15) is 31.5 Å². The second kappa shape index (κ2) is 4.68. The number of hydrogen-bond acceptors (Lipinski definition) is 0. The second-order valence-corrected chi connectivity index (χ2v) is 4.84. The fourth-order valence-electron chi connectivity index (χ4n) is 2.19. The van der Waals surface area contributed by atoms with E-state index in [9.17, 15) is 0 Å². The molecule has 0 unspecified atom stereocenters. The molecule has 16 heavy (non-hydrogen) atoms. The molecule has 0 bridgehead atoms. The third-order valence-electron chi connectivity index (χ3n) is 2.87. The fraction of sp³-hybridized carbons (Fsp3) is 0.385. The zero-order chi connectivity index (χ0) is 11.7. The summed E-state index contributed by atoms with van der Waals surface area (Å²) in [7, 11) is 0. The Morgan fingerprint density at radius 1 is 1.19 bits per heavy atom. The van der Waals surface area contributed by atoms with Crippen LogP contribution in [0.3, 0.4) is 0 Å². The number of aromatic nitrogens is 1. The van der Waals surface area contributed by atoms with E-state index in [1.54, 1.807) is 6.07 Å². The lowest BCUT2D eigenvalue weighted by atomic mass is 10.1. The number of hydrogen-bond donors (Lipinski definition) is 1. The first kappa shape index (κ1) is 11.8. The standard InChI is InChI=1S/C13H15Cl2N/c1-3-5-12-9(4-2)10-6-8(14)7-11(15)13(10)16-12/h6-7,16H,3-5H2,1-2H3. The van der Waals surface area contributed by atoms with Gasteiger partial charge in [0, 0.05) is 16.1 Å². The number of halogens is 2. The highest BCUT2D eigenvalue weighted by Gasteiger charge is 2.12. The summed E-state index contributed by atoms with van der Waals surface area (Å²) in [6.07, 6.45) is 3.20. The average Bonchev–Trinajstić information content (AvgIpc) is 2.56. The van der Waals surface area contributed by atoms with E-state index in [0.717, 1.165) is 24.8 Å². The molecule has 0 spiro atoms. The minimum Gasteiger partial charge on any atom is -0.357 e. The van der Waals surface area contributed by atoms with Gasteiger partial charge >= 0.3 is 0 Å². The van der Waals surface area contributed by atoms with Gasteiger partial charge in [-0.1, -0.05) is 43.5 Å². The molecule has 2 aromatic rings. The van der Waals surface area contributed by atoms with E-state index < -0.39 is 0 Å². The molecule has 0 amide bonds. The van der Waals surface area contributed by atoms with Gasteiger partial charge < -0.3 is 4.98 Å². The third kappa shape index (κ3) is 1.94. The van der Waals surface area contributed by atoms with Gasteiger partial charge in [-0.05, 0) is 30.5 Å². The number of aryl methyl sites for hydroxylation is 2. The van der Waals surface area contributed by atoms with Crippen molar-refractivity contribution >= 4 is 34.1 Å². The van der Waals surface area contributed by atoms with E-state index in [2.05, 4.69) is 18.8 Å². The Hall–Kier alpha value is -0.660. The Bertz CT molecular complexity index is 514. The van der Waals surface area contributed by atoms with Gasteiger partial charge in [-0.15, -0.1) is 0 Å². The Kier molecular flexibility index (Phi) is 3.46. The summed E-state index contributed by atoms with van der Waals surface area (Å²) in [5, 5.41) is 2.58. The van der Waals surface area contributed by atoms with Gasteiger partial charge in [0.1, 0.15) is 0 Å². The summed E-state index contributed by atoms with van der Waals surface area (Å²) in [5.41, 5.74) is 3.66. The van der Waals surface area contributed by atoms with E-state index in [0.29, 0.717) is 10.0 Å². The molecule has 0 radical (unpaired) electrons. The first-order valence-electron chi connectivity index (χ1n) is 5.65. The number of rotatable bonds is 3. The van der Waals surface area contributed by atoms with Crippen molar-refractivity contribution in [3.05, 3.63) is 33.4 Å². The lowest BCUT2D eigenvalue weighted by Crippen LogP contribution is -1.88. The molecule has 2 rings (SSSR count). The molecular formula is C13H15Cl2N. The number of benzene rings is 1. The Morgan fingerprint density at radius 2 is 1.94 bits per heavy atom. The zero-order valence-corrected chi connectivity index (χ0v) is 11.0. The minimum atomic E-state index is 0.703. The van der Waals surface area contributed by atoms with Crippen LogP contribution in [-0.4, -0.2) is 4.98 Å². The molecule has 1 nitrogen and oxygen atoms in total. The SMILES string of the molecule is CCCc1[nH]c2c(Cl)cc(Cl)cc2c1CC. The van der Waals surface area contributed by atoms with Crippen molar-refractivity contribution in [3.63, 3.8) is 0 Å². The number of fused-ring (bicyclic) bond motifs is 1. The van der Waals surface area contributed by atoms with Crippen molar-refractivity contribution in [1.29, 1.82) is 0 Å². The molecule has 1 N–H and O–H groups in total. The third-order valence-corrected chi connectivity index (χ3v) is 3.39. The molecule has 0 atom stereocenters. The Balaban J connectivity index is 2.71. The second-order valence-electron chi connectivity index (χ2n) is 4.00. The van der Waals surface area contributed by atoms with E-state index in [4.69, 9.17) is 23.2 Å². The quantitative estimate of drug-likeness (QED) is 0.796. The van der Waals surface area contributed by atoms with Crippen LogP contribution in [0.15, 0.2) is 12.1 Å². The van der Waals surface area contributed by atoms with E-state index in [-0.39, 0.29) is 0 Å². The highest BCUT2D eigenvalue weighted by atomic mass is 35.5. The summed E-state index contributed by atoms with van der Waals surface area (Å²) in [6.45, 7) is 4.34. The summed E-state index contributed by atoms with van der Waals surface area (Å²) < 4.78 is 0. The predicted octanol–water partition coefficient (Wildman–Crippen LogP) is 4.99. The summed E-state index contributed by atoms with van der Waals surface area (Å²) in [4.78, 5) is 3.42. The minimum absolute atomic E-state index is 0.703. The van der Waals surface area contributed by atoms with Crippen molar-refractivity contribution in [1.82, 2.24) is 4.98 Å². The maximum atomic E-state index is 6.19. The predicted molar refractivity (Wildman–Crippen MR) is 71.7 cm³/mol. The van der Waals surface area contributed by atoms with Crippen LogP contribution in [0.5, 0.6) is 0 Å². The Morgan fingerprint density at radius 3 is 2.56 bits per heavy atom. The summed E-state index contributed by atoms with van der Waals surface area (Å²) in [5.74, 6) is 0. The average molecular weight is 256 g/mol. The van der Waals surface area contributed by atoms with Crippen LogP contribution in [-0.2, 0) is 12.8 Å². The fourth-order valence-corrected chi connectivity index (χ4v) is 2.74. The highest BCUT2D eigenvalue weighted by molar-refractivity contribution is 6.38. The lowest BCUT2D eigenvalue weighted by Gasteiger charge is -1.99. The van der Waals surface area contributed by atoms with Gasteiger partial charge in [-0.2, -0.15) is 0 Å². The van der Waals surface area contributed by atoms with Gasteiger partial charge in [0.25, 0.3) is 0 Å². The van der Waals surface area contributed by atoms with Crippen LogP contribution >= 0.6 is 23.2 Å². The molecule has 0 saturated heterocycles. The van der Waals surface area contributed by atoms with Crippen LogP contribution in [0, 0.1) is 0 Å². The maximum Gasteiger partial charge on any atom is 0.0662 e. The van der Waals surface area contributed by atoms with Crippen molar-refractivity contribution in [2.24, 2.45) is 0 Å². The normalized spacial score (nSPS) is 11.2. The van der Waals surface area contributed by atoms with E-state index in [1.807, 2.05) is 6.07 Å². The lowest BCUT2D eigenvalue weighted by molar-refractivity contribution is 0.877. The molecule has 3 heteroatoms. The van der Waals surface area contributed by atoms with Crippen LogP contribution in [0.2, 0.25) is 10.0 Å². The molecule has 1 heterocycles. The monoisotopic (exact) mass is 255 g/mol. The van der Waals surface area contributed by atoms with Gasteiger partial charge in [-0.25, -0.2) is 0 Å². The first-order chi connectivity index (χ1) is 7.67. The van der Waals surface area contributed by atoms with Crippen LogP contribution < -0.4 is 0 Å². The number of aromatic amines is 1. The molecule has 0 aliphatic carbocycles. The first-order valence-corrected chi connectivity index (χ1v) is 6.41. The van der Waals surface area contributed by atoms with Gasteiger partial charge in [0.2, 0.25) is 0 Å². The van der Waals surface area contributed by atoms with Crippen molar-refractivity contribution in [2.75, 3.05) is 0 Å². The van der Waals surface area contributed by atoms with Crippen molar-refractivity contribution in [3.8, 4) is 0 Å².